The van der Waals surface area contributed by atoms with E-state index >= 15 is 0 Å². The minimum Gasteiger partial charge on any atom is -0.508 e. The van der Waals surface area contributed by atoms with Gasteiger partial charge < -0.3 is 5.11 Å². The minimum absolute atomic E-state index is 0.170. The molecule has 0 aliphatic heterocycles. The summed E-state index contributed by atoms with van der Waals surface area (Å²) in [5.41, 5.74) is 2.07. The second kappa shape index (κ2) is 5.51. The van der Waals surface area contributed by atoms with E-state index in [4.69, 9.17) is 10.9 Å². The summed E-state index contributed by atoms with van der Waals surface area (Å²) in [6.45, 7) is 0. The SMILES string of the molecule is NNC(=O)CCSc1ccc(O)cc1. The highest BCUT2D eigenvalue weighted by molar-refractivity contribution is 7.99. The van der Waals surface area contributed by atoms with Crippen molar-refractivity contribution in [3.05, 3.63) is 24.3 Å². The Kier molecular flexibility index (Phi) is 4.28. The van der Waals surface area contributed by atoms with Crippen molar-refractivity contribution in [3.63, 3.8) is 0 Å². The fourth-order valence-corrected chi connectivity index (χ4v) is 1.73. The van der Waals surface area contributed by atoms with Gasteiger partial charge in [0.1, 0.15) is 5.75 Å². The van der Waals surface area contributed by atoms with Gasteiger partial charge in [0, 0.05) is 17.1 Å². The zero-order valence-electron chi connectivity index (χ0n) is 7.56. The van der Waals surface area contributed by atoms with Crippen LogP contribution in [0.4, 0.5) is 0 Å². The zero-order chi connectivity index (χ0) is 10.4. The van der Waals surface area contributed by atoms with Gasteiger partial charge in [0.2, 0.25) is 5.91 Å². The van der Waals surface area contributed by atoms with Crippen LogP contribution < -0.4 is 11.3 Å². The van der Waals surface area contributed by atoms with E-state index in [2.05, 4.69) is 5.43 Å². The maximum absolute atomic E-state index is 10.8. The Bertz CT molecular complexity index is 300. The van der Waals surface area contributed by atoms with E-state index in [1.54, 1.807) is 36.0 Å². The molecule has 0 aliphatic carbocycles. The molecule has 4 N–H and O–H groups in total. The van der Waals surface area contributed by atoms with Crippen molar-refractivity contribution in [3.8, 4) is 5.75 Å². The molecule has 0 heterocycles. The molecule has 0 aromatic heterocycles. The molecule has 0 unspecified atom stereocenters. The number of phenols is 1. The molecular weight excluding hydrogens is 200 g/mol. The third-order valence-electron chi connectivity index (χ3n) is 1.60. The first-order valence-electron chi connectivity index (χ1n) is 4.13. The molecule has 0 aliphatic rings. The van der Waals surface area contributed by atoms with Gasteiger partial charge in [0.15, 0.2) is 0 Å². The normalized spacial score (nSPS) is 9.79. The molecule has 1 aromatic carbocycles. The largest absolute Gasteiger partial charge is 0.508 e. The number of phenolic OH excluding ortho intramolecular Hbond substituents is 1. The van der Waals surface area contributed by atoms with Gasteiger partial charge in [-0.3, -0.25) is 10.2 Å². The van der Waals surface area contributed by atoms with Gasteiger partial charge in [-0.25, -0.2) is 5.84 Å². The fraction of sp³-hybridized carbons (Fsp3) is 0.222. The number of hydrazine groups is 1. The minimum atomic E-state index is -0.170. The number of hydrogen-bond donors (Lipinski definition) is 3. The lowest BCUT2D eigenvalue weighted by molar-refractivity contribution is -0.120. The molecule has 0 atom stereocenters. The zero-order valence-corrected chi connectivity index (χ0v) is 8.38. The average Bonchev–Trinajstić information content (AvgIpc) is 2.21. The Morgan fingerprint density at radius 1 is 1.43 bits per heavy atom. The number of nitrogens with one attached hydrogen (secondary N) is 1. The molecule has 5 heteroatoms. The van der Waals surface area contributed by atoms with Gasteiger partial charge >= 0.3 is 0 Å². The molecule has 0 saturated heterocycles. The van der Waals surface area contributed by atoms with Gasteiger partial charge in [-0.15, -0.1) is 11.8 Å². The fourth-order valence-electron chi connectivity index (χ4n) is 0.876. The van der Waals surface area contributed by atoms with Crippen LogP contribution in [-0.4, -0.2) is 16.8 Å². The van der Waals surface area contributed by atoms with E-state index in [1.807, 2.05) is 0 Å². The van der Waals surface area contributed by atoms with Gasteiger partial charge in [-0.2, -0.15) is 0 Å². The van der Waals surface area contributed by atoms with E-state index in [-0.39, 0.29) is 11.7 Å². The molecule has 76 valence electrons. The maximum atomic E-state index is 10.8. The Morgan fingerprint density at radius 3 is 2.64 bits per heavy atom. The Labute approximate surface area is 86.5 Å². The molecule has 0 radical (unpaired) electrons. The van der Waals surface area contributed by atoms with Gasteiger partial charge in [-0.1, -0.05) is 0 Å². The van der Waals surface area contributed by atoms with Crippen molar-refractivity contribution in [2.45, 2.75) is 11.3 Å². The van der Waals surface area contributed by atoms with Crippen molar-refractivity contribution < 1.29 is 9.90 Å². The third kappa shape index (κ3) is 3.68. The molecule has 1 amide bonds. The van der Waals surface area contributed by atoms with E-state index in [0.717, 1.165) is 4.90 Å². The Hall–Kier alpha value is -1.20. The van der Waals surface area contributed by atoms with Crippen LogP contribution >= 0.6 is 11.8 Å². The molecule has 1 rings (SSSR count). The van der Waals surface area contributed by atoms with E-state index in [0.29, 0.717) is 12.2 Å². The highest BCUT2D eigenvalue weighted by Crippen LogP contribution is 2.20. The van der Waals surface area contributed by atoms with Crippen molar-refractivity contribution in [1.29, 1.82) is 0 Å². The number of carbonyl (C=O) groups excluding carboxylic acids is 1. The molecule has 1 aromatic rings. The molecule has 0 spiro atoms. The first-order chi connectivity index (χ1) is 6.72. The maximum Gasteiger partial charge on any atom is 0.234 e. The van der Waals surface area contributed by atoms with E-state index in [9.17, 15) is 4.79 Å². The Morgan fingerprint density at radius 2 is 2.07 bits per heavy atom. The van der Waals surface area contributed by atoms with Crippen LogP contribution in [0.3, 0.4) is 0 Å². The third-order valence-corrected chi connectivity index (χ3v) is 2.61. The second-order valence-electron chi connectivity index (χ2n) is 2.66. The van der Waals surface area contributed by atoms with Crippen molar-refractivity contribution in [2.75, 3.05) is 5.75 Å². The van der Waals surface area contributed by atoms with Gasteiger partial charge in [-0.05, 0) is 24.3 Å². The predicted molar refractivity (Wildman–Crippen MR) is 55.8 cm³/mol. The lowest BCUT2D eigenvalue weighted by atomic mass is 10.3. The van der Waals surface area contributed by atoms with Crippen LogP contribution in [0.25, 0.3) is 0 Å². The summed E-state index contributed by atoms with van der Waals surface area (Å²) in [5, 5.41) is 9.02. The van der Waals surface area contributed by atoms with Crippen LogP contribution in [0, 0.1) is 0 Å². The van der Waals surface area contributed by atoms with Gasteiger partial charge in [0.25, 0.3) is 0 Å². The monoisotopic (exact) mass is 212 g/mol. The van der Waals surface area contributed by atoms with Crippen LogP contribution in [0.15, 0.2) is 29.2 Å². The number of thioether (sulfide) groups is 1. The summed E-state index contributed by atoms with van der Waals surface area (Å²) < 4.78 is 0. The van der Waals surface area contributed by atoms with Crippen LogP contribution in [0.1, 0.15) is 6.42 Å². The van der Waals surface area contributed by atoms with Crippen LogP contribution in [-0.2, 0) is 4.79 Å². The predicted octanol–water partition coefficient (Wildman–Crippen LogP) is 0.864. The summed E-state index contributed by atoms with van der Waals surface area (Å²) >= 11 is 1.55. The van der Waals surface area contributed by atoms with E-state index in [1.165, 1.54) is 0 Å². The average molecular weight is 212 g/mol. The molecule has 0 bridgehead atoms. The highest BCUT2D eigenvalue weighted by Gasteiger charge is 1.99. The Balaban J connectivity index is 2.31. The number of nitrogens with two attached hydrogens (primary N) is 1. The summed E-state index contributed by atoms with van der Waals surface area (Å²) in [4.78, 5) is 11.8. The van der Waals surface area contributed by atoms with Crippen LogP contribution in [0.2, 0.25) is 0 Å². The van der Waals surface area contributed by atoms with Gasteiger partial charge in [0.05, 0.1) is 0 Å². The van der Waals surface area contributed by atoms with Crippen LogP contribution in [0.5, 0.6) is 5.75 Å². The lowest BCUT2D eigenvalue weighted by Gasteiger charge is -2.00. The van der Waals surface area contributed by atoms with Crippen molar-refractivity contribution >= 4 is 17.7 Å². The summed E-state index contributed by atoms with van der Waals surface area (Å²) in [7, 11) is 0. The first kappa shape index (κ1) is 10.9. The van der Waals surface area contributed by atoms with Crippen molar-refractivity contribution in [2.24, 2.45) is 5.84 Å². The quantitative estimate of drug-likeness (QED) is 0.299. The van der Waals surface area contributed by atoms with Crippen molar-refractivity contribution in [1.82, 2.24) is 5.43 Å². The van der Waals surface area contributed by atoms with E-state index < -0.39 is 0 Å². The summed E-state index contributed by atoms with van der Waals surface area (Å²) in [5.74, 6) is 5.68. The number of hydrogen-bond acceptors (Lipinski definition) is 4. The second-order valence-corrected chi connectivity index (χ2v) is 3.83. The molecule has 14 heavy (non-hydrogen) atoms. The number of carbonyl (C=O) groups is 1. The number of aromatic hydroxyl groups is 1. The molecule has 4 nitrogen and oxygen atoms in total. The summed E-state index contributed by atoms with van der Waals surface area (Å²) in [6.07, 6.45) is 0.391. The smallest absolute Gasteiger partial charge is 0.234 e. The number of rotatable bonds is 4. The number of benzene rings is 1. The molecule has 0 saturated carbocycles. The summed E-state index contributed by atoms with van der Waals surface area (Å²) in [6, 6.07) is 6.84. The molecule has 0 fully saturated rings. The highest BCUT2D eigenvalue weighted by atomic mass is 32.2. The standard InChI is InChI=1S/C9H12N2O2S/c10-11-9(13)5-6-14-8-3-1-7(12)2-4-8/h1-4,12H,5-6,10H2,(H,11,13). The topological polar surface area (TPSA) is 75.3 Å². The first-order valence-corrected chi connectivity index (χ1v) is 5.12. The number of amides is 1. The lowest BCUT2D eigenvalue weighted by Crippen LogP contribution is -2.30. The molecular formula is C9H12N2O2S.